The summed E-state index contributed by atoms with van der Waals surface area (Å²) in [5, 5.41) is 3.00. The summed E-state index contributed by atoms with van der Waals surface area (Å²) in [6.07, 6.45) is 0.915. The van der Waals surface area contributed by atoms with Crippen LogP contribution in [0.1, 0.15) is 41.8 Å². The van der Waals surface area contributed by atoms with Crippen LogP contribution in [0.4, 0.5) is 0 Å². The number of nitrogens with one attached hydrogen (secondary N) is 1. The largest absolute Gasteiger partial charge is 0.496 e. The van der Waals surface area contributed by atoms with Gasteiger partial charge in [-0.3, -0.25) is 4.79 Å². The Morgan fingerprint density at radius 3 is 2.54 bits per heavy atom. The van der Waals surface area contributed by atoms with E-state index in [4.69, 9.17) is 4.74 Å². The molecule has 1 amide bonds. The van der Waals surface area contributed by atoms with Crippen molar-refractivity contribution in [1.29, 1.82) is 0 Å². The van der Waals surface area contributed by atoms with Crippen LogP contribution in [0.25, 0.3) is 0 Å². The standard InChI is InChI=1S/C20H25NO2S/c1-5-15(3)21-20(22)16-8-11-19(23-4)17(12-16)13-24-18-9-6-14(2)7-10-18/h6-12,15H,5,13H2,1-4H3,(H,21,22). The van der Waals surface area contributed by atoms with Crippen molar-refractivity contribution in [2.45, 2.75) is 43.9 Å². The molecule has 24 heavy (non-hydrogen) atoms. The number of aryl methyl sites for hydroxylation is 1. The van der Waals surface area contributed by atoms with Gasteiger partial charge in [-0.2, -0.15) is 0 Å². The fraction of sp³-hybridized carbons (Fsp3) is 0.350. The lowest BCUT2D eigenvalue weighted by atomic mass is 10.1. The van der Waals surface area contributed by atoms with Crippen LogP contribution in [-0.4, -0.2) is 19.1 Å². The topological polar surface area (TPSA) is 38.3 Å². The van der Waals surface area contributed by atoms with E-state index in [1.54, 1.807) is 18.9 Å². The summed E-state index contributed by atoms with van der Waals surface area (Å²) in [7, 11) is 1.66. The molecule has 0 saturated carbocycles. The number of rotatable bonds is 7. The van der Waals surface area contributed by atoms with Gasteiger partial charge < -0.3 is 10.1 Å². The SMILES string of the molecule is CCC(C)NC(=O)c1ccc(OC)c(CSc2ccc(C)cc2)c1. The van der Waals surface area contributed by atoms with Crippen LogP contribution in [0.3, 0.4) is 0 Å². The van der Waals surface area contributed by atoms with E-state index in [2.05, 4.69) is 43.4 Å². The van der Waals surface area contributed by atoms with Gasteiger partial charge in [0, 0.05) is 27.8 Å². The molecule has 2 rings (SSSR count). The van der Waals surface area contributed by atoms with Gasteiger partial charge in [-0.15, -0.1) is 11.8 Å². The number of amides is 1. The Hall–Kier alpha value is -1.94. The second-order valence-electron chi connectivity index (χ2n) is 5.91. The molecule has 0 saturated heterocycles. The van der Waals surface area contributed by atoms with Crippen LogP contribution < -0.4 is 10.1 Å². The summed E-state index contributed by atoms with van der Waals surface area (Å²) in [4.78, 5) is 13.5. The van der Waals surface area contributed by atoms with Crippen molar-refractivity contribution in [2.75, 3.05) is 7.11 Å². The average molecular weight is 343 g/mol. The fourth-order valence-corrected chi connectivity index (χ4v) is 3.11. The predicted octanol–water partition coefficient (Wildman–Crippen LogP) is 4.82. The Balaban J connectivity index is 2.13. The smallest absolute Gasteiger partial charge is 0.251 e. The van der Waals surface area contributed by atoms with Gasteiger partial charge >= 0.3 is 0 Å². The maximum absolute atomic E-state index is 12.3. The molecule has 0 bridgehead atoms. The third-order valence-electron chi connectivity index (χ3n) is 3.95. The highest BCUT2D eigenvalue weighted by molar-refractivity contribution is 7.98. The molecular weight excluding hydrogens is 318 g/mol. The molecule has 0 aromatic heterocycles. The van der Waals surface area contributed by atoms with Crippen molar-refractivity contribution in [3.8, 4) is 5.75 Å². The van der Waals surface area contributed by atoms with Gasteiger partial charge in [-0.1, -0.05) is 24.6 Å². The van der Waals surface area contributed by atoms with Gasteiger partial charge in [0.1, 0.15) is 5.75 Å². The highest BCUT2D eigenvalue weighted by Crippen LogP contribution is 2.29. The van der Waals surface area contributed by atoms with E-state index in [0.29, 0.717) is 5.56 Å². The van der Waals surface area contributed by atoms with Gasteiger partial charge in [-0.05, 0) is 50.6 Å². The van der Waals surface area contributed by atoms with E-state index in [0.717, 1.165) is 23.5 Å². The number of ether oxygens (including phenoxy) is 1. The molecule has 0 heterocycles. The van der Waals surface area contributed by atoms with Crippen molar-refractivity contribution in [3.05, 3.63) is 59.2 Å². The number of hydrogen-bond donors (Lipinski definition) is 1. The fourth-order valence-electron chi connectivity index (χ4n) is 2.24. The van der Waals surface area contributed by atoms with E-state index in [1.807, 2.05) is 25.1 Å². The molecule has 0 aliphatic carbocycles. The minimum Gasteiger partial charge on any atom is -0.496 e. The number of carbonyl (C=O) groups excluding carboxylic acids is 1. The van der Waals surface area contributed by atoms with Gasteiger partial charge in [-0.25, -0.2) is 0 Å². The average Bonchev–Trinajstić information content (AvgIpc) is 2.60. The summed E-state index contributed by atoms with van der Waals surface area (Å²) in [5.41, 5.74) is 2.95. The molecule has 1 atom stereocenters. The monoisotopic (exact) mass is 343 g/mol. The summed E-state index contributed by atoms with van der Waals surface area (Å²) in [6, 6.07) is 14.2. The van der Waals surface area contributed by atoms with Crippen LogP contribution in [-0.2, 0) is 5.75 Å². The number of carbonyl (C=O) groups is 1. The third kappa shape index (κ3) is 5.03. The Bertz CT molecular complexity index is 683. The van der Waals surface area contributed by atoms with E-state index in [9.17, 15) is 4.79 Å². The summed E-state index contributed by atoms with van der Waals surface area (Å²) < 4.78 is 5.44. The Morgan fingerprint density at radius 1 is 1.21 bits per heavy atom. The molecule has 0 radical (unpaired) electrons. The first-order chi connectivity index (χ1) is 11.5. The first kappa shape index (κ1) is 18.4. The van der Waals surface area contributed by atoms with E-state index < -0.39 is 0 Å². The molecule has 2 aromatic rings. The minimum absolute atomic E-state index is 0.0337. The van der Waals surface area contributed by atoms with E-state index in [-0.39, 0.29) is 11.9 Å². The predicted molar refractivity (Wildman–Crippen MR) is 101 cm³/mol. The zero-order valence-electron chi connectivity index (χ0n) is 14.8. The lowest BCUT2D eigenvalue weighted by molar-refractivity contribution is 0.0939. The normalized spacial score (nSPS) is 11.8. The molecule has 0 aliphatic heterocycles. The van der Waals surface area contributed by atoms with Gasteiger partial charge in [0.05, 0.1) is 7.11 Å². The van der Waals surface area contributed by atoms with Crippen LogP contribution in [0.15, 0.2) is 47.4 Å². The van der Waals surface area contributed by atoms with Gasteiger partial charge in [0.2, 0.25) is 0 Å². The van der Waals surface area contributed by atoms with Crippen molar-refractivity contribution in [1.82, 2.24) is 5.32 Å². The Morgan fingerprint density at radius 2 is 1.92 bits per heavy atom. The molecule has 1 N–H and O–H groups in total. The highest BCUT2D eigenvalue weighted by atomic mass is 32.2. The molecule has 2 aromatic carbocycles. The number of thioether (sulfide) groups is 1. The van der Waals surface area contributed by atoms with Crippen LogP contribution in [0.5, 0.6) is 5.75 Å². The first-order valence-corrected chi connectivity index (χ1v) is 9.19. The summed E-state index contributed by atoms with van der Waals surface area (Å²) >= 11 is 1.74. The molecule has 0 fully saturated rings. The zero-order chi connectivity index (χ0) is 17.5. The lowest BCUT2D eigenvalue weighted by Crippen LogP contribution is -2.31. The Labute approximate surface area is 148 Å². The van der Waals surface area contributed by atoms with Crippen LogP contribution >= 0.6 is 11.8 Å². The number of methoxy groups -OCH3 is 1. The van der Waals surface area contributed by atoms with E-state index in [1.165, 1.54) is 10.5 Å². The Kier molecular flexibility index (Phi) is 6.73. The van der Waals surface area contributed by atoms with Crippen molar-refractivity contribution < 1.29 is 9.53 Å². The van der Waals surface area contributed by atoms with Gasteiger partial charge in [0.25, 0.3) is 5.91 Å². The molecular formula is C20H25NO2S. The lowest BCUT2D eigenvalue weighted by Gasteiger charge is -2.14. The summed E-state index contributed by atoms with van der Waals surface area (Å²) in [6.45, 7) is 6.15. The molecule has 3 nitrogen and oxygen atoms in total. The molecule has 128 valence electrons. The van der Waals surface area contributed by atoms with Crippen LogP contribution in [0.2, 0.25) is 0 Å². The van der Waals surface area contributed by atoms with Crippen molar-refractivity contribution >= 4 is 17.7 Å². The molecule has 0 aliphatic rings. The summed E-state index contributed by atoms with van der Waals surface area (Å²) in [5.74, 6) is 1.54. The second kappa shape index (κ2) is 8.78. The minimum atomic E-state index is -0.0337. The quantitative estimate of drug-likeness (QED) is 0.732. The highest BCUT2D eigenvalue weighted by Gasteiger charge is 2.12. The molecule has 1 unspecified atom stereocenters. The third-order valence-corrected chi connectivity index (χ3v) is 5.01. The van der Waals surface area contributed by atoms with Gasteiger partial charge in [0.15, 0.2) is 0 Å². The van der Waals surface area contributed by atoms with Crippen molar-refractivity contribution in [3.63, 3.8) is 0 Å². The molecule has 0 spiro atoms. The van der Waals surface area contributed by atoms with Crippen LogP contribution in [0, 0.1) is 6.92 Å². The maximum atomic E-state index is 12.3. The maximum Gasteiger partial charge on any atom is 0.251 e. The first-order valence-electron chi connectivity index (χ1n) is 8.20. The number of benzene rings is 2. The van der Waals surface area contributed by atoms with E-state index >= 15 is 0 Å². The van der Waals surface area contributed by atoms with Crippen molar-refractivity contribution in [2.24, 2.45) is 0 Å². The number of hydrogen-bond acceptors (Lipinski definition) is 3. The zero-order valence-corrected chi connectivity index (χ0v) is 15.6. The molecule has 4 heteroatoms. The second-order valence-corrected chi connectivity index (χ2v) is 6.96.